The number of rotatable bonds is 4. The van der Waals surface area contributed by atoms with Gasteiger partial charge >= 0.3 is 0 Å². The van der Waals surface area contributed by atoms with Gasteiger partial charge in [0.1, 0.15) is 0 Å². The average molecular weight is 330 g/mol. The third-order valence-electron chi connectivity index (χ3n) is 2.54. The maximum Gasteiger partial charge on any atom is 0.255 e. The number of hydrogen-bond acceptors (Lipinski definition) is 2. The smallest absolute Gasteiger partial charge is 0.255 e. The first-order chi connectivity index (χ1) is 8.49. The van der Waals surface area contributed by atoms with Gasteiger partial charge in [-0.25, -0.2) is 0 Å². The molecule has 1 amide bonds. The zero-order valence-corrected chi connectivity index (χ0v) is 12.6. The second-order valence-corrected chi connectivity index (χ2v) is 5.29. The number of hydrogen-bond donors (Lipinski definition) is 0. The van der Waals surface area contributed by atoms with Crippen LogP contribution in [0.4, 0.5) is 0 Å². The number of nitriles is 1. The van der Waals surface area contributed by atoms with E-state index in [0.717, 1.165) is 0 Å². The van der Waals surface area contributed by atoms with Crippen molar-refractivity contribution >= 4 is 33.4 Å². The predicted molar refractivity (Wildman–Crippen MR) is 75.5 cm³/mol. The minimum atomic E-state index is -0.188. The van der Waals surface area contributed by atoms with E-state index < -0.39 is 0 Å². The quantitative estimate of drug-likeness (QED) is 0.845. The molecule has 1 aromatic carbocycles. The van der Waals surface area contributed by atoms with E-state index in [1.807, 2.05) is 6.92 Å². The van der Waals surface area contributed by atoms with Crippen LogP contribution in [0.1, 0.15) is 24.2 Å². The number of halogens is 2. The number of amides is 1. The highest BCUT2D eigenvalue weighted by atomic mass is 79.9. The molecule has 0 aliphatic rings. The first-order valence-corrected chi connectivity index (χ1v) is 6.80. The van der Waals surface area contributed by atoms with Crippen LogP contribution in [0.25, 0.3) is 0 Å². The highest BCUT2D eigenvalue weighted by Crippen LogP contribution is 2.22. The number of benzene rings is 1. The van der Waals surface area contributed by atoms with E-state index in [4.69, 9.17) is 16.9 Å². The van der Waals surface area contributed by atoms with Gasteiger partial charge in [-0.1, -0.05) is 11.6 Å². The van der Waals surface area contributed by atoms with Crippen molar-refractivity contribution in [3.05, 3.63) is 33.3 Å². The summed E-state index contributed by atoms with van der Waals surface area (Å²) in [5.41, 5.74) is 0.523. The summed E-state index contributed by atoms with van der Waals surface area (Å²) in [7, 11) is 0. The summed E-state index contributed by atoms with van der Waals surface area (Å²) in [5.74, 6) is -0.305. The molecule has 0 saturated carbocycles. The molecule has 1 unspecified atom stereocenters. The van der Waals surface area contributed by atoms with Crippen LogP contribution in [0.2, 0.25) is 5.02 Å². The fourth-order valence-electron chi connectivity index (χ4n) is 1.56. The van der Waals surface area contributed by atoms with Crippen LogP contribution >= 0.6 is 27.5 Å². The van der Waals surface area contributed by atoms with Gasteiger partial charge in [-0.15, -0.1) is 0 Å². The summed E-state index contributed by atoms with van der Waals surface area (Å²) in [6, 6.07) is 7.23. The van der Waals surface area contributed by atoms with Crippen LogP contribution in [-0.2, 0) is 0 Å². The van der Waals surface area contributed by atoms with Gasteiger partial charge in [0.2, 0.25) is 0 Å². The Morgan fingerprint density at radius 2 is 2.28 bits per heavy atom. The van der Waals surface area contributed by atoms with Gasteiger partial charge in [-0.2, -0.15) is 5.26 Å². The van der Waals surface area contributed by atoms with Gasteiger partial charge in [0, 0.05) is 22.6 Å². The Balaban J connectivity index is 2.97. The zero-order chi connectivity index (χ0) is 13.7. The highest BCUT2D eigenvalue weighted by molar-refractivity contribution is 9.10. The molecular weight excluding hydrogens is 316 g/mol. The Labute approximate surface area is 120 Å². The SMILES string of the molecule is CCN(CC(C)C#N)C(=O)c1cc(Cl)ccc1Br. The van der Waals surface area contributed by atoms with Crippen LogP contribution in [0, 0.1) is 17.2 Å². The topological polar surface area (TPSA) is 44.1 Å². The molecule has 0 aliphatic carbocycles. The van der Waals surface area contributed by atoms with E-state index in [0.29, 0.717) is 28.1 Å². The standard InChI is InChI=1S/C13H14BrClN2O/c1-3-17(8-9(2)7-16)13(18)11-6-10(15)4-5-12(11)14/h4-6,9H,3,8H2,1-2H3. The van der Waals surface area contributed by atoms with Gasteiger partial charge < -0.3 is 4.90 Å². The lowest BCUT2D eigenvalue weighted by Gasteiger charge is -2.22. The highest BCUT2D eigenvalue weighted by Gasteiger charge is 2.19. The molecule has 5 heteroatoms. The normalized spacial score (nSPS) is 11.7. The molecule has 0 aliphatic heterocycles. The van der Waals surface area contributed by atoms with Crippen molar-refractivity contribution < 1.29 is 4.79 Å². The zero-order valence-electron chi connectivity index (χ0n) is 10.3. The molecule has 0 N–H and O–H groups in total. The molecule has 96 valence electrons. The van der Waals surface area contributed by atoms with Crippen molar-refractivity contribution in [3.63, 3.8) is 0 Å². The van der Waals surface area contributed by atoms with Crippen molar-refractivity contribution in [2.45, 2.75) is 13.8 Å². The largest absolute Gasteiger partial charge is 0.338 e. The van der Waals surface area contributed by atoms with Crippen LogP contribution in [0.3, 0.4) is 0 Å². The van der Waals surface area contributed by atoms with Gasteiger partial charge in [0.15, 0.2) is 0 Å². The predicted octanol–water partition coefficient (Wildman–Crippen LogP) is 3.72. The number of carbonyl (C=O) groups is 1. The minimum absolute atomic E-state index is 0.117. The Hall–Kier alpha value is -1.05. The number of carbonyl (C=O) groups excluding carboxylic acids is 1. The number of nitrogens with zero attached hydrogens (tertiary/aromatic N) is 2. The molecule has 1 rings (SSSR count). The Morgan fingerprint density at radius 3 is 2.83 bits per heavy atom. The summed E-state index contributed by atoms with van der Waals surface area (Å²) in [5, 5.41) is 9.33. The molecule has 0 saturated heterocycles. The van der Waals surface area contributed by atoms with E-state index in [1.165, 1.54) is 0 Å². The maximum absolute atomic E-state index is 12.3. The monoisotopic (exact) mass is 328 g/mol. The third-order valence-corrected chi connectivity index (χ3v) is 3.47. The Kier molecular flexibility index (Phi) is 5.64. The molecule has 1 aromatic rings. The van der Waals surface area contributed by atoms with Crippen LogP contribution in [0.5, 0.6) is 0 Å². The molecule has 0 radical (unpaired) electrons. The van der Waals surface area contributed by atoms with Gasteiger partial charge in [-0.05, 0) is 48.0 Å². The molecule has 0 bridgehead atoms. The van der Waals surface area contributed by atoms with E-state index in [-0.39, 0.29) is 11.8 Å². The Morgan fingerprint density at radius 1 is 1.61 bits per heavy atom. The Bertz CT molecular complexity index is 484. The van der Waals surface area contributed by atoms with E-state index >= 15 is 0 Å². The second kappa shape index (κ2) is 6.77. The molecule has 0 heterocycles. The molecule has 0 fully saturated rings. The van der Waals surface area contributed by atoms with Gasteiger partial charge in [-0.3, -0.25) is 4.79 Å². The van der Waals surface area contributed by atoms with E-state index in [9.17, 15) is 4.79 Å². The molecule has 0 spiro atoms. The molecule has 18 heavy (non-hydrogen) atoms. The lowest BCUT2D eigenvalue weighted by Crippen LogP contribution is -2.34. The molecule has 3 nitrogen and oxygen atoms in total. The van der Waals surface area contributed by atoms with Gasteiger partial charge in [0.25, 0.3) is 5.91 Å². The third kappa shape index (κ3) is 3.72. The van der Waals surface area contributed by atoms with Crippen LogP contribution < -0.4 is 0 Å². The summed E-state index contributed by atoms with van der Waals surface area (Å²) in [6.45, 7) is 4.66. The lowest BCUT2D eigenvalue weighted by atomic mass is 10.1. The first-order valence-electron chi connectivity index (χ1n) is 5.63. The van der Waals surface area contributed by atoms with Crippen molar-refractivity contribution in [2.75, 3.05) is 13.1 Å². The van der Waals surface area contributed by atoms with E-state index in [1.54, 1.807) is 30.0 Å². The fourth-order valence-corrected chi connectivity index (χ4v) is 2.15. The maximum atomic E-state index is 12.3. The van der Waals surface area contributed by atoms with Crippen molar-refractivity contribution in [1.29, 1.82) is 5.26 Å². The fraction of sp³-hybridized carbons (Fsp3) is 0.385. The summed E-state index contributed by atoms with van der Waals surface area (Å²) in [6.07, 6.45) is 0. The van der Waals surface area contributed by atoms with E-state index in [2.05, 4.69) is 22.0 Å². The summed E-state index contributed by atoms with van der Waals surface area (Å²) in [4.78, 5) is 14.0. The van der Waals surface area contributed by atoms with Crippen molar-refractivity contribution in [3.8, 4) is 6.07 Å². The molecular formula is C13H14BrClN2O. The summed E-state index contributed by atoms with van der Waals surface area (Å²) < 4.78 is 0.708. The van der Waals surface area contributed by atoms with Crippen LogP contribution in [-0.4, -0.2) is 23.9 Å². The average Bonchev–Trinajstić information content (AvgIpc) is 2.37. The van der Waals surface area contributed by atoms with Crippen LogP contribution in [0.15, 0.2) is 22.7 Å². The first kappa shape index (κ1) is 15.0. The van der Waals surface area contributed by atoms with Crippen molar-refractivity contribution in [2.24, 2.45) is 5.92 Å². The summed E-state index contributed by atoms with van der Waals surface area (Å²) >= 11 is 9.24. The van der Waals surface area contributed by atoms with Crippen molar-refractivity contribution in [1.82, 2.24) is 4.90 Å². The van der Waals surface area contributed by atoms with Gasteiger partial charge in [0.05, 0.1) is 17.6 Å². The molecule has 0 aromatic heterocycles. The lowest BCUT2D eigenvalue weighted by molar-refractivity contribution is 0.0752. The minimum Gasteiger partial charge on any atom is -0.338 e. The second-order valence-electron chi connectivity index (χ2n) is 4.00. The molecule has 1 atom stereocenters.